The second-order valence-electron chi connectivity index (χ2n) is 21.4. The third-order valence-electron chi connectivity index (χ3n) is 14.5. The molecule has 3 N–H and O–H groups in total. The number of ether oxygens (including phenoxy) is 1. The SMILES string of the molecule is CCCCCCCC/C=C\CCCCCCCCCC(=O)OCCCCCCCCCCCCCCCCCCC(=O)NC(CO)C(O)/C=C/CCCCCCCCCCCCCCCCCCC. The first kappa shape index (κ1) is 67.3. The average Bonchev–Trinajstić information content (AvgIpc) is 3.35. The molecular formula is C63H121NO5. The van der Waals surface area contributed by atoms with Gasteiger partial charge in [0.1, 0.15) is 0 Å². The van der Waals surface area contributed by atoms with Crippen molar-refractivity contribution in [3.05, 3.63) is 24.3 Å². The number of esters is 1. The van der Waals surface area contributed by atoms with E-state index in [4.69, 9.17) is 4.74 Å². The molecule has 0 aliphatic heterocycles. The monoisotopic (exact) mass is 972 g/mol. The molecule has 0 bridgehead atoms. The number of carbonyl (C=O) groups excluding carboxylic acids is 2. The van der Waals surface area contributed by atoms with E-state index in [0.29, 0.717) is 19.4 Å². The van der Waals surface area contributed by atoms with E-state index in [-0.39, 0.29) is 18.5 Å². The van der Waals surface area contributed by atoms with Crippen LogP contribution in [0.4, 0.5) is 0 Å². The van der Waals surface area contributed by atoms with Crippen molar-refractivity contribution in [3.63, 3.8) is 0 Å². The van der Waals surface area contributed by atoms with Crippen molar-refractivity contribution in [2.45, 2.75) is 353 Å². The van der Waals surface area contributed by atoms with Crippen LogP contribution < -0.4 is 5.32 Å². The second-order valence-corrected chi connectivity index (χ2v) is 21.4. The summed E-state index contributed by atoms with van der Waals surface area (Å²) in [5.41, 5.74) is 0. The molecule has 69 heavy (non-hydrogen) atoms. The van der Waals surface area contributed by atoms with E-state index in [9.17, 15) is 19.8 Å². The van der Waals surface area contributed by atoms with Crippen LogP contribution in [-0.4, -0.2) is 47.4 Å². The Labute approximate surface area is 431 Å². The Kier molecular flexibility index (Phi) is 57.5. The summed E-state index contributed by atoms with van der Waals surface area (Å²) in [7, 11) is 0. The van der Waals surface area contributed by atoms with E-state index >= 15 is 0 Å². The van der Waals surface area contributed by atoms with Crippen LogP contribution in [0.1, 0.15) is 341 Å². The molecule has 0 fully saturated rings. The summed E-state index contributed by atoms with van der Waals surface area (Å²) in [4.78, 5) is 24.6. The Balaban J connectivity index is 3.44. The Morgan fingerprint density at radius 2 is 0.681 bits per heavy atom. The topological polar surface area (TPSA) is 95.9 Å². The van der Waals surface area contributed by atoms with Crippen LogP contribution in [0.25, 0.3) is 0 Å². The highest BCUT2D eigenvalue weighted by Gasteiger charge is 2.18. The molecular weight excluding hydrogens is 851 g/mol. The van der Waals surface area contributed by atoms with Gasteiger partial charge in [0.25, 0.3) is 0 Å². The fourth-order valence-electron chi connectivity index (χ4n) is 9.69. The van der Waals surface area contributed by atoms with Crippen LogP contribution >= 0.6 is 0 Å². The van der Waals surface area contributed by atoms with Gasteiger partial charge in [-0.2, -0.15) is 0 Å². The molecule has 6 nitrogen and oxygen atoms in total. The Morgan fingerprint density at radius 3 is 1.03 bits per heavy atom. The van der Waals surface area contributed by atoms with E-state index in [1.54, 1.807) is 6.08 Å². The smallest absolute Gasteiger partial charge is 0.305 e. The van der Waals surface area contributed by atoms with Gasteiger partial charge in [-0.15, -0.1) is 0 Å². The highest BCUT2D eigenvalue weighted by Crippen LogP contribution is 2.17. The zero-order chi connectivity index (χ0) is 50.0. The number of aliphatic hydroxyl groups is 2. The standard InChI is InChI=1S/C63H121NO5/c1-3-5-7-9-11-13-15-17-19-21-22-24-27-31-35-39-43-47-51-55-61(66)60(59-65)64-62(67)56-52-48-44-40-36-32-28-25-26-30-34-38-42-46-50-54-58-69-63(68)57-53-49-45-41-37-33-29-23-20-18-16-14-12-10-8-6-4-2/h18,20,51,55,60-61,65-66H,3-17,19,21-50,52-54,56-59H2,1-2H3,(H,64,67)/b20-18-,55-51+. The average molecular weight is 973 g/mol. The van der Waals surface area contributed by atoms with Crippen molar-refractivity contribution in [2.75, 3.05) is 13.2 Å². The fraction of sp³-hybridized carbons (Fsp3) is 0.905. The molecule has 0 aromatic carbocycles. The maximum Gasteiger partial charge on any atom is 0.305 e. The van der Waals surface area contributed by atoms with E-state index < -0.39 is 12.1 Å². The summed E-state index contributed by atoms with van der Waals surface area (Å²) in [5, 5.41) is 23.2. The number of nitrogens with one attached hydrogen (secondary N) is 1. The van der Waals surface area contributed by atoms with Gasteiger partial charge in [0.15, 0.2) is 0 Å². The van der Waals surface area contributed by atoms with Gasteiger partial charge in [0.05, 0.1) is 25.4 Å². The maximum atomic E-state index is 12.5. The molecule has 0 rings (SSSR count). The van der Waals surface area contributed by atoms with E-state index in [1.807, 2.05) is 6.08 Å². The highest BCUT2D eigenvalue weighted by atomic mass is 16.5. The lowest BCUT2D eigenvalue weighted by molar-refractivity contribution is -0.143. The van der Waals surface area contributed by atoms with Crippen molar-refractivity contribution in [1.29, 1.82) is 0 Å². The molecule has 0 heterocycles. The van der Waals surface area contributed by atoms with Crippen LogP contribution in [0, 0.1) is 0 Å². The van der Waals surface area contributed by atoms with Crippen molar-refractivity contribution < 1.29 is 24.5 Å². The number of unbranched alkanes of at least 4 members (excludes halogenated alkanes) is 45. The molecule has 0 aliphatic rings. The predicted octanol–water partition coefficient (Wildman–Crippen LogP) is 19.4. The third-order valence-corrected chi connectivity index (χ3v) is 14.5. The molecule has 0 aromatic heterocycles. The van der Waals surface area contributed by atoms with Crippen molar-refractivity contribution in [3.8, 4) is 0 Å². The van der Waals surface area contributed by atoms with Gasteiger partial charge < -0.3 is 20.3 Å². The first-order valence-corrected chi connectivity index (χ1v) is 31.1. The summed E-state index contributed by atoms with van der Waals surface area (Å²) in [6, 6.07) is -0.634. The number of aliphatic hydroxyl groups excluding tert-OH is 2. The van der Waals surface area contributed by atoms with Crippen molar-refractivity contribution in [2.24, 2.45) is 0 Å². The van der Waals surface area contributed by atoms with Gasteiger partial charge in [0.2, 0.25) is 5.91 Å². The van der Waals surface area contributed by atoms with Crippen LogP contribution in [0.2, 0.25) is 0 Å². The van der Waals surface area contributed by atoms with Crippen LogP contribution in [0.3, 0.4) is 0 Å². The molecule has 0 spiro atoms. The van der Waals surface area contributed by atoms with Gasteiger partial charge in [-0.25, -0.2) is 0 Å². The summed E-state index contributed by atoms with van der Waals surface area (Å²) < 4.78 is 5.49. The summed E-state index contributed by atoms with van der Waals surface area (Å²) in [6.45, 7) is 4.91. The normalized spacial score (nSPS) is 12.7. The largest absolute Gasteiger partial charge is 0.466 e. The summed E-state index contributed by atoms with van der Waals surface area (Å²) in [5.74, 6) is -0.0726. The molecule has 2 unspecified atom stereocenters. The lowest BCUT2D eigenvalue weighted by atomic mass is 10.0. The van der Waals surface area contributed by atoms with Crippen molar-refractivity contribution in [1.82, 2.24) is 5.32 Å². The highest BCUT2D eigenvalue weighted by molar-refractivity contribution is 5.76. The zero-order valence-corrected chi connectivity index (χ0v) is 46.6. The molecule has 2 atom stereocenters. The Bertz CT molecular complexity index is 1080. The van der Waals surface area contributed by atoms with Crippen LogP contribution in [0.15, 0.2) is 24.3 Å². The van der Waals surface area contributed by atoms with Crippen LogP contribution in [-0.2, 0) is 14.3 Å². The predicted molar refractivity (Wildman–Crippen MR) is 301 cm³/mol. The molecule has 0 radical (unpaired) electrons. The van der Waals surface area contributed by atoms with Gasteiger partial charge >= 0.3 is 5.97 Å². The lowest BCUT2D eigenvalue weighted by Gasteiger charge is -2.20. The third kappa shape index (κ3) is 55.5. The molecule has 0 aromatic rings. The first-order valence-electron chi connectivity index (χ1n) is 31.1. The second kappa shape index (κ2) is 58.9. The van der Waals surface area contributed by atoms with E-state index in [0.717, 1.165) is 44.9 Å². The minimum atomic E-state index is -0.850. The zero-order valence-electron chi connectivity index (χ0n) is 46.6. The van der Waals surface area contributed by atoms with E-state index in [2.05, 4.69) is 31.3 Å². The maximum absolute atomic E-state index is 12.5. The summed E-state index contributed by atoms with van der Waals surface area (Å²) >= 11 is 0. The minimum Gasteiger partial charge on any atom is -0.466 e. The first-order chi connectivity index (χ1) is 34.0. The molecule has 0 saturated heterocycles. The number of hydrogen-bond acceptors (Lipinski definition) is 5. The summed E-state index contributed by atoms with van der Waals surface area (Å²) in [6.07, 6.45) is 72.1. The van der Waals surface area contributed by atoms with E-state index in [1.165, 1.54) is 270 Å². The van der Waals surface area contributed by atoms with Gasteiger partial charge in [-0.05, 0) is 57.8 Å². The number of rotatable bonds is 58. The molecule has 1 amide bonds. The number of carbonyl (C=O) groups is 2. The number of hydrogen-bond donors (Lipinski definition) is 3. The molecule has 6 heteroatoms. The van der Waals surface area contributed by atoms with Gasteiger partial charge in [-0.1, -0.05) is 295 Å². The fourth-order valence-corrected chi connectivity index (χ4v) is 9.69. The minimum absolute atomic E-state index is 0.000557. The van der Waals surface area contributed by atoms with Crippen molar-refractivity contribution >= 4 is 11.9 Å². The molecule has 0 aliphatic carbocycles. The molecule has 0 saturated carbocycles. The Hall–Kier alpha value is -1.66. The quantitative estimate of drug-likeness (QED) is 0.0321. The van der Waals surface area contributed by atoms with Crippen LogP contribution in [0.5, 0.6) is 0 Å². The van der Waals surface area contributed by atoms with Gasteiger partial charge in [-0.3, -0.25) is 9.59 Å². The lowest BCUT2D eigenvalue weighted by Crippen LogP contribution is -2.45. The number of allylic oxidation sites excluding steroid dienone is 3. The molecule has 408 valence electrons. The number of amides is 1. The van der Waals surface area contributed by atoms with Gasteiger partial charge in [0, 0.05) is 12.8 Å². The Morgan fingerprint density at radius 1 is 0.391 bits per heavy atom.